The lowest BCUT2D eigenvalue weighted by Gasteiger charge is -2.33. The average Bonchev–Trinajstić information content (AvgIpc) is 2.42. The van der Waals surface area contributed by atoms with E-state index in [1.54, 1.807) is 13.0 Å². The van der Waals surface area contributed by atoms with Gasteiger partial charge >= 0.3 is 5.97 Å². The molecule has 0 radical (unpaired) electrons. The highest BCUT2D eigenvalue weighted by Crippen LogP contribution is 2.35. The van der Waals surface area contributed by atoms with Crippen molar-refractivity contribution < 1.29 is 23.9 Å². The Kier molecular flexibility index (Phi) is 4.62. The second kappa shape index (κ2) is 6.43. The molecule has 0 aliphatic heterocycles. The second-order valence-electron chi connectivity index (χ2n) is 4.78. The number of methoxy groups -OCH3 is 1. The summed E-state index contributed by atoms with van der Waals surface area (Å²) in [7, 11) is 1.43. The Morgan fingerprint density at radius 3 is 2.57 bits per heavy atom. The number of esters is 1. The van der Waals surface area contributed by atoms with Crippen molar-refractivity contribution in [3.63, 3.8) is 0 Å². The predicted octanol–water partition coefficient (Wildman–Crippen LogP) is 2.32. The van der Waals surface area contributed by atoms with Crippen LogP contribution in [0.3, 0.4) is 0 Å². The van der Waals surface area contributed by atoms with Crippen molar-refractivity contribution in [2.24, 2.45) is 5.92 Å². The number of ether oxygens (including phenoxy) is 3. The molecule has 1 aliphatic carbocycles. The van der Waals surface area contributed by atoms with Crippen molar-refractivity contribution in [3.05, 3.63) is 28.3 Å². The molecule has 0 atom stereocenters. The van der Waals surface area contributed by atoms with Crippen LogP contribution in [0, 0.1) is 16.0 Å². The molecule has 1 fully saturated rings. The van der Waals surface area contributed by atoms with Crippen LogP contribution >= 0.6 is 0 Å². The molecule has 0 unspecified atom stereocenters. The number of rotatable bonds is 6. The molecule has 114 valence electrons. The fourth-order valence-corrected chi connectivity index (χ4v) is 2.15. The summed E-state index contributed by atoms with van der Waals surface area (Å²) in [6.07, 6.45) is 0.986. The number of carbonyl (C=O) groups is 1. The van der Waals surface area contributed by atoms with Gasteiger partial charge in [0.15, 0.2) is 0 Å². The molecule has 0 N–H and O–H groups in total. The summed E-state index contributed by atoms with van der Waals surface area (Å²) in [6, 6.07) is 4.26. The van der Waals surface area contributed by atoms with Crippen LogP contribution < -0.4 is 9.47 Å². The number of hydrogen-bond acceptors (Lipinski definition) is 6. The molecule has 0 amide bonds. The van der Waals surface area contributed by atoms with Crippen LogP contribution in [0.25, 0.3) is 0 Å². The Balaban J connectivity index is 1.97. The van der Waals surface area contributed by atoms with Gasteiger partial charge in [0.2, 0.25) is 0 Å². The first kappa shape index (κ1) is 15.1. The third-order valence-corrected chi connectivity index (χ3v) is 3.33. The van der Waals surface area contributed by atoms with Gasteiger partial charge in [-0.1, -0.05) is 0 Å². The Labute approximate surface area is 122 Å². The quantitative estimate of drug-likeness (QED) is 0.454. The normalized spacial score (nSPS) is 20.3. The fourth-order valence-electron chi connectivity index (χ4n) is 2.15. The van der Waals surface area contributed by atoms with Crippen LogP contribution in [0.4, 0.5) is 5.69 Å². The van der Waals surface area contributed by atoms with Gasteiger partial charge in [0.05, 0.1) is 36.7 Å². The van der Waals surface area contributed by atoms with Crippen molar-refractivity contribution in [3.8, 4) is 11.5 Å². The summed E-state index contributed by atoms with van der Waals surface area (Å²) < 4.78 is 15.6. The highest BCUT2D eigenvalue weighted by Gasteiger charge is 2.37. The second-order valence-corrected chi connectivity index (χ2v) is 4.78. The maximum absolute atomic E-state index is 11.5. The minimum atomic E-state index is -0.502. The van der Waals surface area contributed by atoms with Crippen molar-refractivity contribution in [1.29, 1.82) is 0 Å². The third-order valence-electron chi connectivity index (χ3n) is 3.33. The van der Waals surface area contributed by atoms with Crippen molar-refractivity contribution in [1.82, 2.24) is 0 Å². The summed E-state index contributed by atoms with van der Waals surface area (Å²) in [4.78, 5) is 21.8. The Hall–Kier alpha value is -2.31. The highest BCUT2D eigenvalue weighted by atomic mass is 16.6. The molecule has 1 aliphatic rings. The Morgan fingerprint density at radius 1 is 1.33 bits per heavy atom. The number of hydrogen-bond donors (Lipinski definition) is 0. The van der Waals surface area contributed by atoms with E-state index in [0.29, 0.717) is 30.9 Å². The molecule has 0 heterocycles. The van der Waals surface area contributed by atoms with Crippen molar-refractivity contribution in [2.45, 2.75) is 25.9 Å². The lowest BCUT2D eigenvalue weighted by Crippen LogP contribution is -2.39. The Morgan fingerprint density at radius 2 is 2.00 bits per heavy atom. The number of benzene rings is 1. The van der Waals surface area contributed by atoms with Gasteiger partial charge in [-0.3, -0.25) is 14.9 Å². The SMILES string of the molecule is CCOC(=O)[C@H]1C[C@H](Oc2cc(OC)cc([N+](=O)[O-])c2)C1. The van der Waals surface area contributed by atoms with E-state index in [4.69, 9.17) is 14.2 Å². The first-order valence-corrected chi connectivity index (χ1v) is 6.70. The summed E-state index contributed by atoms with van der Waals surface area (Å²) in [5, 5.41) is 10.8. The predicted molar refractivity (Wildman–Crippen MR) is 73.4 cm³/mol. The van der Waals surface area contributed by atoms with Crippen LogP contribution in [0.5, 0.6) is 11.5 Å². The fraction of sp³-hybridized carbons (Fsp3) is 0.500. The lowest BCUT2D eigenvalue weighted by molar-refractivity contribution is -0.385. The van der Waals surface area contributed by atoms with Crippen molar-refractivity contribution in [2.75, 3.05) is 13.7 Å². The van der Waals surface area contributed by atoms with Crippen molar-refractivity contribution >= 4 is 11.7 Å². The molecular weight excluding hydrogens is 278 g/mol. The zero-order chi connectivity index (χ0) is 15.4. The molecule has 2 rings (SSSR count). The molecule has 0 bridgehead atoms. The van der Waals surface area contributed by atoms with Gasteiger partial charge in [0.25, 0.3) is 5.69 Å². The van der Waals surface area contributed by atoms with E-state index in [-0.39, 0.29) is 23.7 Å². The molecular formula is C14H17NO6. The van der Waals surface area contributed by atoms with Gasteiger partial charge in [-0.2, -0.15) is 0 Å². The largest absolute Gasteiger partial charge is 0.496 e. The molecule has 0 saturated heterocycles. The monoisotopic (exact) mass is 295 g/mol. The summed E-state index contributed by atoms with van der Waals surface area (Å²) >= 11 is 0. The summed E-state index contributed by atoms with van der Waals surface area (Å²) in [5.41, 5.74) is -0.0920. The topological polar surface area (TPSA) is 87.9 Å². The summed E-state index contributed by atoms with van der Waals surface area (Å²) in [5.74, 6) is 0.373. The zero-order valence-corrected chi connectivity index (χ0v) is 11.9. The van der Waals surface area contributed by atoms with E-state index in [9.17, 15) is 14.9 Å². The number of carbonyl (C=O) groups excluding carboxylic acids is 1. The van der Waals surface area contributed by atoms with Gasteiger partial charge < -0.3 is 14.2 Å². The van der Waals surface area contributed by atoms with E-state index in [1.165, 1.54) is 19.2 Å². The molecule has 0 spiro atoms. The molecule has 0 aromatic heterocycles. The van der Waals surface area contributed by atoms with Crippen LogP contribution in [0.1, 0.15) is 19.8 Å². The van der Waals surface area contributed by atoms with Gasteiger partial charge in [-0.15, -0.1) is 0 Å². The van der Waals surface area contributed by atoms with E-state index in [1.807, 2.05) is 0 Å². The van der Waals surface area contributed by atoms with Gasteiger partial charge in [0.1, 0.15) is 17.6 Å². The maximum atomic E-state index is 11.5. The standard InChI is InChI=1S/C14H17NO6/c1-3-20-14(16)9-4-12(5-9)21-13-7-10(15(17)18)6-11(8-13)19-2/h6-9,12H,3-5H2,1-2H3/t9-,12-. The molecule has 1 saturated carbocycles. The lowest BCUT2D eigenvalue weighted by atomic mass is 9.82. The number of nitro groups is 1. The van der Waals surface area contributed by atoms with Crippen LogP contribution in [-0.4, -0.2) is 30.7 Å². The Bertz CT molecular complexity index is 538. The first-order valence-electron chi connectivity index (χ1n) is 6.70. The van der Waals surface area contributed by atoms with Crippen LogP contribution in [-0.2, 0) is 9.53 Å². The number of non-ortho nitro benzene ring substituents is 1. The minimum absolute atomic E-state index is 0.0920. The molecule has 7 nitrogen and oxygen atoms in total. The molecule has 7 heteroatoms. The molecule has 1 aromatic rings. The van der Waals surface area contributed by atoms with Gasteiger partial charge in [-0.05, 0) is 19.8 Å². The minimum Gasteiger partial charge on any atom is -0.496 e. The maximum Gasteiger partial charge on any atom is 0.309 e. The third kappa shape index (κ3) is 3.62. The van der Waals surface area contributed by atoms with E-state index < -0.39 is 4.92 Å². The zero-order valence-electron chi connectivity index (χ0n) is 11.9. The average molecular weight is 295 g/mol. The van der Waals surface area contributed by atoms with Crippen LogP contribution in [0.2, 0.25) is 0 Å². The summed E-state index contributed by atoms with van der Waals surface area (Å²) in [6.45, 7) is 2.13. The van der Waals surface area contributed by atoms with Crippen LogP contribution in [0.15, 0.2) is 18.2 Å². The first-order chi connectivity index (χ1) is 10.0. The molecule has 21 heavy (non-hydrogen) atoms. The van der Waals surface area contributed by atoms with E-state index in [2.05, 4.69) is 0 Å². The smallest absolute Gasteiger partial charge is 0.309 e. The highest BCUT2D eigenvalue weighted by molar-refractivity contribution is 5.73. The van der Waals surface area contributed by atoms with Gasteiger partial charge in [0, 0.05) is 6.07 Å². The van der Waals surface area contributed by atoms with Gasteiger partial charge in [-0.25, -0.2) is 0 Å². The van der Waals surface area contributed by atoms with E-state index >= 15 is 0 Å². The molecule has 1 aromatic carbocycles. The number of nitro benzene ring substituents is 1. The number of nitrogens with zero attached hydrogens (tertiary/aromatic N) is 1. The van der Waals surface area contributed by atoms with E-state index in [0.717, 1.165) is 0 Å².